The van der Waals surface area contributed by atoms with Crippen molar-refractivity contribution in [2.45, 2.75) is 39.4 Å². The van der Waals surface area contributed by atoms with Crippen molar-refractivity contribution in [3.8, 4) is 0 Å². The zero-order valence-electron chi connectivity index (χ0n) is 10.8. The van der Waals surface area contributed by atoms with E-state index >= 15 is 0 Å². The van der Waals surface area contributed by atoms with Crippen LogP contribution in [0.3, 0.4) is 0 Å². The summed E-state index contributed by atoms with van der Waals surface area (Å²) in [7, 11) is 0. The highest BCUT2D eigenvalue weighted by molar-refractivity contribution is 6.30. The van der Waals surface area contributed by atoms with Crippen LogP contribution in [0.4, 0.5) is 0 Å². The summed E-state index contributed by atoms with van der Waals surface area (Å²) in [6.07, 6.45) is 1.07. The molecule has 0 fully saturated rings. The Labute approximate surface area is 113 Å². The third-order valence-corrected chi connectivity index (χ3v) is 2.72. The highest BCUT2D eigenvalue weighted by atomic mass is 35.5. The molecular formula is C14H19ClO3. The summed E-state index contributed by atoms with van der Waals surface area (Å²) < 4.78 is 10.6. The second-order valence-corrected chi connectivity index (χ2v) is 4.40. The van der Waals surface area contributed by atoms with Crippen LogP contribution in [0, 0.1) is 0 Å². The van der Waals surface area contributed by atoms with E-state index in [1.54, 1.807) is 19.1 Å². The van der Waals surface area contributed by atoms with Crippen LogP contribution in [0.2, 0.25) is 5.02 Å². The van der Waals surface area contributed by atoms with E-state index in [1.165, 1.54) is 0 Å². The van der Waals surface area contributed by atoms with E-state index < -0.39 is 6.10 Å². The van der Waals surface area contributed by atoms with Crippen molar-refractivity contribution < 1.29 is 14.3 Å². The second-order valence-electron chi connectivity index (χ2n) is 3.97. The number of esters is 1. The Hall–Kier alpha value is -1.06. The molecule has 1 aromatic rings. The molecule has 0 saturated heterocycles. The molecule has 0 heterocycles. The molecule has 100 valence electrons. The molecular weight excluding hydrogens is 252 g/mol. The summed E-state index contributed by atoms with van der Waals surface area (Å²) in [4.78, 5) is 11.6. The fourth-order valence-corrected chi connectivity index (χ4v) is 1.67. The number of halogens is 1. The van der Waals surface area contributed by atoms with E-state index in [2.05, 4.69) is 0 Å². The summed E-state index contributed by atoms with van der Waals surface area (Å²) in [6.45, 7) is 4.57. The first-order valence-electron chi connectivity index (χ1n) is 6.20. The van der Waals surface area contributed by atoms with Gasteiger partial charge in [-0.05, 0) is 31.0 Å². The Morgan fingerprint density at radius 3 is 2.50 bits per heavy atom. The number of rotatable bonds is 7. The van der Waals surface area contributed by atoms with Gasteiger partial charge in [-0.15, -0.1) is 0 Å². The van der Waals surface area contributed by atoms with Gasteiger partial charge < -0.3 is 9.47 Å². The van der Waals surface area contributed by atoms with Gasteiger partial charge in [-0.25, -0.2) is 4.79 Å². The van der Waals surface area contributed by atoms with E-state index in [-0.39, 0.29) is 5.97 Å². The molecule has 0 saturated carbocycles. The van der Waals surface area contributed by atoms with Crippen LogP contribution in [0.25, 0.3) is 0 Å². The van der Waals surface area contributed by atoms with Gasteiger partial charge in [-0.2, -0.15) is 0 Å². The lowest BCUT2D eigenvalue weighted by molar-refractivity contribution is -0.158. The van der Waals surface area contributed by atoms with Gasteiger partial charge in [-0.3, -0.25) is 0 Å². The van der Waals surface area contributed by atoms with Gasteiger partial charge in [0.25, 0.3) is 0 Å². The third-order valence-electron chi connectivity index (χ3n) is 2.46. The molecule has 0 aliphatic carbocycles. The monoisotopic (exact) mass is 270 g/mol. The highest BCUT2D eigenvalue weighted by Crippen LogP contribution is 2.13. The quantitative estimate of drug-likeness (QED) is 0.711. The van der Waals surface area contributed by atoms with E-state index in [9.17, 15) is 4.79 Å². The molecule has 1 atom stereocenters. The zero-order valence-corrected chi connectivity index (χ0v) is 11.6. The van der Waals surface area contributed by atoms with Crippen molar-refractivity contribution in [3.63, 3.8) is 0 Å². The Morgan fingerprint density at radius 2 is 1.94 bits per heavy atom. The molecule has 0 spiro atoms. The third kappa shape index (κ3) is 5.07. The molecule has 18 heavy (non-hydrogen) atoms. The Bertz CT molecular complexity index is 362. The standard InChI is InChI=1S/C14H19ClO3/c1-3-5-13(14(16)17-4-2)18-10-11-6-8-12(15)9-7-11/h6-9,13H,3-5,10H2,1-2H3. The maximum Gasteiger partial charge on any atom is 0.335 e. The van der Waals surface area contributed by atoms with Crippen LogP contribution in [-0.4, -0.2) is 18.7 Å². The van der Waals surface area contributed by atoms with Crippen LogP contribution >= 0.6 is 11.6 Å². The van der Waals surface area contributed by atoms with Crippen molar-refractivity contribution in [2.24, 2.45) is 0 Å². The molecule has 0 radical (unpaired) electrons. The smallest absolute Gasteiger partial charge is 0.335 e. The molecule has 0 aliphatic rings. The fourth-order valence-electron chi connectivity index (χ4n) is 1.54. The maximum absolute atomic E-state index is 11.6. The number of hydrogen-bond acceptors (Lipinski definition) is 3. The highest BCUT2D eigenvalue weighted by Gasteiger charge is 2.19. The van der Waals surface area contributed by atoms with Gasteiger partial charge >= 0.3 is 5.97 Å². The fraction of sp³-hybridized carbons (Fsp3) is 0.500. The largest absolute Gasteiger partial charge is 0.464 e. The predicted molar refractivity (Wildman–Crippen MR) is 71.6 cm³/mol. The number of hydrogen-bond donors (Lipinski definition) is 0. The molecule has 1 unspecified atom stereocenters. The minimum atomic E-state index is -0.481. The number of benzene rings is 1. The van der Waals surface area contributed by atoms with E-state index in [4.69, 9.17) is 21.1 Å². The summed E-state index contributed by atoms with van der Waals surface area (Å²) in [6, 6.07) is 7.38. The molecule has 0 bridgehead atoms. The minimum absolute atomic E-state index is 0.284. The molecule has 1 aromatic carbocycles. The van der Waals surface area contributed by atoms with E-state index in [1.807, 2.05) is 19.1 Å². The van der Waals surface area contributed by atoms with Crippen LogP contribution in [-0.2, 0) is 20.9 Å². The van der Waals surface area contributed by atoms with Crippen molar-refractivity contribution in [1.29, 1.82) is 0 Å². The molecule has 0 aliphatic heterocycles. The van der Waals surface area contributed by atoms with E-state index in [0.717, 1.165) is 12.0 Å². The average Bonchev–Trinajstić information content (AvgIpc) is 2.36. The predicted octanol–water partition coefficient (Wildman–Crippen LogP) is 3.59. The minimum Gasteiger partial charge on any atom is -0.464 e. The van der Waals surface area contributed by atoms with E-state index in [0.29, 0.717) is 24.7 Å². The van der Waals surface area contributed by atoms with Gasteiger partial charge in [0.1, 0.15) is 0 Å². The number of ether oxygens (including phenoxy) is 2. The molecule has 0 amide bonds. The lowest BCUT2D eigenvalue weighted by atomic mass is 10.2. The van der Waals surface area contributed by atoms with Crippen molar-refractivity contribution in [1.82, 2.24) is 0 Å². The lowest BCUT2D eigenvalue weighted by Gasteiger charge is -2.15. The summed E-state index contributed by atoms with van der Waals surface area (Å²) in [5.41, 5.74) is 0.991. The Balaban J connectivity index is 2.51. The zero-order chi connectivity index (χ0) is 13.4. The SMILES string of the molecule is CCCC(OCc1ccc(Cl)cc1)C(=O)OCC. The van der Waals surface area contributed by atoms with Crippen LogP contribution < -0.4 is 0 Å². The number of carbonyl (C=O) groups excluding carboxylic acids is 1. The molecule has 1 rings (SSSR count). The van der Waals surface area contributed by atoms with Gasteiger partial charge in [0.15, 0.2) is 6.10 Å². The van der Waals surface area contributed by atoms with Crippen molar-refractivity contribution in [3.05, 3.63) is 34.9 Å². The summed E-state index contributed by atoms with van der Waals surface area (Å²) in [5, 5.41) is 0.689. The van der Waals surface area contributed by atoms with Gasteiger partial charge in [0.05, 0.1) is 13.2 Å². The lowest BCUT2D eigenvalue weighted by Crippen LogP contribution is -2.26. The first kappa shape index (κ1) is 15.0. The second kappa shape index (κ2) is 8.11. The molecule has 0 aromatic heterocycles. The molecule has 0 N–H and O–H groups in total. The topological polar surface area (TPSA) is 35.5 Å². The van der Waals surface area contributed by atoms with Gasteiger partial charge in [0, 0.05) is 5.02 Å². The summed E-state index contributed by atoms with van der Waals surface area (Å²) in [5.74, 6) is -0.284. The molecule has 3 nitrogen and oxygen atoms in total. The van der Waals surface area contributed by atoms with Crippen molar-refractivity contribution >= 4 is 17.6 Å². The Kier molecular flexibility index (Phi) is 6.76. The van der Waals surface area contributed by atoms with Crippen LogP contribution in [0.5, 0.6) is 0 Å². The van der Waals surface area contributed by atoms with Gasteiger partial charge in [-0.1, -0.05) is 37.1 Å². The normalized spacial score (nSPS) is 12.2. The van der Waals surface area contributed by atoms with Crippen LogP contribution in [0.1, 0.15) is 32.3 Å². The molecule has 4 heteroatoms. The first-order chi connectivity index (χ1) is 8.67. The van der Waals surface area contributed by atoms with Gasteiger partial charge in [0.2, 0.25) is 0 Å². The maximum atomic E-state index is 11.6. The Morgan fingerprint density at radius 1 is 1.28 bits per heavy atom. The van der Waals surface area contributed by atoms with Crippen LogP contribution in [0.15, 0.2) is 24.3 Å². The first-order valence-corrected chi connectivity index (χ1v) is 6.57. The number of carbonyl (C=O) groups is 1. The van der Waals surface area contributed by atoms with Crippen molar-refractivity contribution in [2.75, 3.05) is 6.61 Å². The summed E-state index contributed by atoms with van der Waals surface area (Å²) >= 11 is 5.80. The average molecular weight is 271 g/mol.